The number of para-hydroxylation sites is 1. The minimum Gasteiger partial charge on any atom is -0.497 e. The third-order valence-electron chi connectivity index (χ3n) is 11.6. The van der Waals surface area contributed by atoms with Crippen molar-refractivity contribution in [3.8, 4) is 39.8 Å². The summed E-state index contributed by atoms with van der Waals surface area (Å²) in [5.41, 5.74) is 8.31. The van der Waals surface area contributed by atoms with Crippen LogP contribution in [0.25, 0.3) is 22.5 Å². The highest BCUT2D eigenvalue weighted by molar-refractivity contribution is 7.93. The van der Waals surface area contributed by atoms with Crippen LogP contribution < -0.4 is 35.9 Å². The Balaban J connectivity index is 1.39. The summed E-state index contributed by atoms with van der Waals surface area (Å²) in [5, 5.41) is 20.9. The second kappa shape index (κ2) is 24.9. The summed E-state index contributed by atoms with van der Waals surface area (Å²) < 4.78 is 90.1. The number of amides is 3. The molecule has 23 heteroatoms. The summed E-state index contributed by atoms with van der Waals surface area (Å²) in [6, 6.07) is 36.5. The van der Waals surface area contributed by atoms with Gasteiger partial charge in [-0.05, 0) is 102 Å². The van der Waals surface area contributed by atoms with Crippen molar-refractivity contribution in [3.63, 3.8) is 0 Å². The molecule has 0 fully saturated rings. The Labute approximate surface area is 446 Å². The predicted molar refractivity (Wildman–Crippen MR) is 287 cm³/mol. The maximum absolute atomic E-state index is 16.2. The highest BCUT2D eigenvalue weighted by Gasteiger charge is 2.38. The van der Waals surface area contributed by atoms with Gasteiger partial charge in [-0.2, -0.15) is 9.10 Å². The summed E-state index contributed by atoms with van der Waals surface area (Å²) in [7, 11) is -5.24. The number of hydrogen-bond acceptors (Lipinski definition) is 16. The van der Waals surface area contributed by atoms with Crippen LogP contribution in [-0.2, 0) is 60.4 Å². The number of nitrogens with zero attached hydrogens (tertiary/aromatic N) is 5. The number of ether oxygens (including phenoxy) is 5. The zero-order chi connectivity index (χ0) is 55.3. The normalized spacial score (nSPS) is 11.6. The van der Waals surface area contributed by atoms with Gasteiger partial charge in [-0.3, -0.25) is 4.79 Å². The molecular weight excluding hydrogens is 1030 g/mol. The summed E-state index contributed by atoms with van der Waals surface area (Å²) in [4.78, 5) is 38.5. The van der Waals surface area contributed by atoms with E-state index in [1.165, 1.54) is 38.3 Å². The number of tetrazole rings is 1. The molecule has 1 heterocycles. The molecule has 0 unspecified atom stereocenters. The molecule has 0 saturated heterocycles. The van der Waals surface area contributed by atoms with Crippen molar-refractivity contribution in [2.75, 3.05) is 51.2 Å². The zero-order valence-electron chi connectivity index (χ0n) is 43.2. The first-order valence-corrected chi connectivity index (χ1v) is 27.0. The van der Waals surface area contributed by atoms with Crippen molar-refractivity contribution < 1.29 is 54.9 Å². The standard InChI is InChI=1S/C54H59N9O12S2/c1-54(2,3)75-53(66)56-29-30-76(67,68)46-28-27-43(44-13-10-14-45(49(44)55)58-47(64)31-57-52(65)74-35-39-11-8-7-9-12-39)48(51-59-61-63(60-51)34-38-19-25-42(73-6)26-20-38)50(46)77(69,70)62(32-36-15-21-40(71-4)22-16-36)33-37-17-23-41(72-5)24-18-37/h7-28H,29-35,55H2,1-6H3,(H,56,66)(H,57,65)(H,58,64). The van der Waals surface area contributed by atoms with E-state index in [2.05, 4.69) is 31.4 Å². The van der Waals surface area contributed by atoms with Crippen LogP contribution in [0.2, 0.25) is 0 Å². The Morgan fingerprint density at radius 2 is 1.25 bits per heavy atom. The lowest BCUT2D eigenvalue weighted by Crippen LogP contribution is -2.35. The topological polar surface area (TPSA) is 275 Å². The quantitative estimate of drug-likeness (QED) is 0.0488. The van der Waals surface area contributed by atoms with Crippen LogP contribution in [0.3, 0.4) is 0 Å². The Morgan fingerprint density at radius 1 is 0.662 bits per heavy atom. The largest absolute Gasteiger partial charge is 0.497 e. The van der Waals surface area contributed by atoms with Gasteiger partial charge in [0.2, 0.25) is 21.8 Å². The van der Waals surface area contributed by atoms with Gasteiger partial charge in [0.05, 0.1) is 55.5 Å². The van der Waals surface area contributed by atoms with Gasteiger partial charge in [0.1, 0.15) is 40.9 Å². The van der Waals surface area contributed by atoms with Crippen LogP contribution in [0.4, 0.5) is 21.0 Å². The van der Waals surface area contributed by atoms with Crippen LogP contribution in [0.5, 0.6) is 17.2 Å². The summed E-state index contributed by atoms with van der Waals surface area (Å²) in [6.45, 7) is 3.41. The van der Waals surface area contributed by atoms with E-state index < -0.39 is 72.2 Å². The molecular formula is C54H59N9O12S2. The van der Waals surface area contributed by atoms with Gasteiger partial charge in [0.25, 0.3) is 0 Å². The summed E-state index contributed by atoms with van der Waals surface area (Å²) in [5.74, 6) is -0.150. The molecule has 7 rings (SSSR count). The third kappa shape index (κ3) is 14.9. The Kier molecular flexibility index (Phi) is 18.1. The summed E-state index contributed by atoms with van der Waals surface area (Å²) >= 11 is 0. The third-order valence-corrected chi connectivity index (χ3v) is 15.3. The monoisotopic (exact) mass is 1090 g/mol. The highest BCUT2D eigenvalue weighted by atomic mass is 32.2. The van der Waals surface area contributed by atoms with Gasteiger partial charge in [-0.15, -0.1) is 10.2 Å². The molecule has 0 aliphatic heterocycles. The number of sulfone groups is 1. The molecule has 7 aromatic rings. The fourth-order valence-electron chi connectivity index (χ4n) is 7.78. The predicted octanol–water partition coefficient (Wildman–Crippen LogP) is 7.22. The number of alkyl carbamates (subject to hydrolysis) is 2. The lowest BCUT2D eigenvalue weighted by Gasteiger charge is -2.26. The van der Waals surface area contributed by atoms with Crippen LogP contribution in [-0.4, -0.2) is 105 Å². The minimum absolute atomic E-state index is 0.0305. The van der Waals surface area contributed by atoms with Crippen LogP contribution >= 0.6 is 0 Å². The SMILES string of the molecule is COc1ccc(CN(Cc2ccc(OC)cc2)S(=O)(=O)c2c(S(=O)(=O)CCNC(=O)OC(C)(C)C)ccc(-c3cccc(NC(=O)CNC(=O)OCc4ccccc4)c3N)c2-c2nnn(Cc3ccc(OC)cc3)n2)cc1. The molecule has 5 N–H and O–H groups in total. The number of methoxy groups -OCH3 is 3. The number of carbonyl (C=O) groups is 3. The van der Waals surface area contributed by atoms with E-state index in [4.69, 9.17) is 29.4 Å². The number of rotatable bonds is 22. The Hall–Kier alpha value is -8.54. The number of nitrogen functional groups attached to an aromatic ring is 1. The number of sulfonamides is 1. The molecule has 0 spiro atoms. The molecule has 6 aromatic carbocycles. The number of anilines is 2. The lowest BCUT2D eigenvalue weighted by atomic mass is 9.97. The molecule has 1 aromatic heterocycles. The number of carbonyl (C=O) groups excluding carboxylic acids is 3. The zero-order valence-corrected chi connectivity index (χ0v) is 44.8. The van der Waals surface area contributed by atoms with Gasteiger partial charge in [0.15, 0.2) is 9.84 Å². The number of nitrogens with two attached hydrogens (primary N) is 1. The molecule has 21 nitrogen and oxygen atoms in total. The second-order valence-electron chi connectivity index (χ2n) is 18.3. The molecule has 0 aliphatic carbocycles. The van der Waals surface area contributed by atoms with Gasteiger partial charge >= 0.3 is 12.2 Å². The molecule has 0 aliphatic rings. The smallest absolute Gasteiger partial charge is 0.407 e. The van der Waals surface area contributed by atoms with Crippen molar-refractivity contribution in [3.05, 3.63) is 156 Å². The maximum Gasteiger partial charge on any atom is 0.407 e. The molecule has 0 saturated carbocycles. The molecule has 0 bridgehead atoms. The Morgan fingerprint density at radius 3 is 1.82 bits per heavy atom. The molecule has 0 atom stereocenters. The van der Waals surface area contributed by atoms with E-state index in [1.807, 2.05) is 6.07 Å². The van der Waals surface area contributed by atoms with Gasteiger partial charge in [0, 0.05) is 25.2 Å². The Bertz CT molecular complexity index is 3360. The van der Waals surface area contributed by atoms with E-state index in [-0.39, 0.29) is 60.1 Å². The van der Waals surface area contributed by atoms with E-state index in [1.54, 1.807) is 130 Å². The van der Waals surface area contributed by atoms with Crippen molar-refractivity contribution in [2.45, 2.75) is 62.4 Å². The summed E-state index contributed by atoms with van der Waals surface area (Å²) in [6.07, 6.45) is -1.74. The van der Waals surface area contributed by atoms with Crippen molar-refractivity contribution in [1.29, 1.82) is 0 Å². The number of benzene rings is 6. The van der Waals surface area contributed by atoms with E-state index in [0.29, 0.717) is 33.9 Å². The van der Waals surface area contributed by atoms with Crippen molar-refractivity contribution >= 4 is 49.3 Å². The minimum atomic E-state index is -5.07. The fraction of sp³-hybridized carbons (Fsp3) is 0.259. The van der Waals surface area contributed by atoms with E-state index >= 15 is 8.42 Å². The average molecular weight is 1090 g/mol. The first-order chi connectivity index (χ1) is 36.8. The molecule has 3 amide bonds. The lowest BCUT2D eigenvalue weighted by molar-refractivity contribution is -0.115. The van der Waals surface area contributed by atoms with Crippen LogP contribution in [0.1, 0.15) is 43.0 Å². The van der Waals surface area contributed by atoms with E-state index in [9.17, 15) is 22.8 Å². The molecule has 404 valence electrons. The van der Waals surface area contributed by atoms with Gasteiger partial charge < -0.3 is 45.4 Å². The molecule has 0 radical (unpaired) electrons. The van der Waals surface area contributed by atoms with Crippen molar-refractivity contribution in [1.82, 2.24) is 35.1 Å². The average Bonchev–Trinajstić information content (AvgIpc) is 3.93. The second-order valence-corrected chi connectivity index (χ2v) is 22.2. The van der Waals surface area contributed by atoms with Gasteiger partial charge in [-0.1, -0.05) is 84.9 Å². The number of hydrogen-bond donors (Lipinski definition) is 4. The first-order valence-electron chi connectivity index (χ1n) is 23.9. The van der Waals surface area contributed by atoms with E-state index in [0.717, 1.165) is 15.9 Å². The first kappa shape index (κ1) is 56.2. The highest BCUT2D eigenvalue weighted by Crippen LogP contribution is 2.44. The van der Waals surface area contributed by atoms with Gasteiger partial charge in [-0.25, -0.2) is 26.4 Å². The molecule has 77 heavy (non-hydrogen) atoms. The van der Waals surface area contributed by atoms with Crippen molar-refractivity contribution in [2.24, 2.45) is 0 Å². The maximum atomic E-state index is 16.2. The van der Waals surface area contributed by atoms with Crippen LogP contribution in [0, 0.1) is 0 Å². The number of aromatic nitrogens is 4. The van der Waals surface area contributed by atoms with Crippen LogP contribution in [0.15, 0.2) is 143 Å². The fourth-order valence-corrected chi connectivity index (χ4v) is 11.4. The number of nitrogens with one attached hydrogen (secondary N) is 3.